The SMILES string of the molecule is C[Si](C)(C)[N-][Si](C)(C)C.C[Si](C)(C)[N-][Si](C)(C)C.C[Si](C)(C)[N-][Si](C)(C)C.[Tb+3].[Tb+3]. The molecule has 0 aliphatic rings. The van der Waals surface area contributed by atoms with Crippen LogP contribution in [0, 0.1) is 77.2 Å². The van der Waals surface area contributed by atoms with Crippen molar-refractivity contribution in [3.8, 4) is 0 Å². The van der Waals surface area contributed by atoms with Crippen LogP contribution in [-0.2, 0) is 0 Å². The van der Waals surface area contributed by atoms with Gasteiger partial charge in [-0.15, -0.1) is 0 Å². The summed E-state index contributed by atoms with van der Waals surface area (Å²) in [5.74, 6) is 0. The van der Waals surface area contributed by atoms with Crippen LogP contribution < -0.4 is 0 Å². The Morgan fingerprint density at radius 1 is 0.241 bits per heavy atom. The summed E-state index contributed by atoms with van der Waals surface area (Å²) < 4.78 is 14.5. The average molecular weight is 799 g/mol. The maximum absolute atomic E-state index is 4.82. The molecule has 0 bridgehead atoms. The standard InChI is InChI=1S/3C6H18NSi2.2Tb/c3*1-8(2,3)7-9(4,5)6;;/h3*1-6H3;;/q3*-1;2*+3. The second kappa shape index (κ2) is 16.4. The molecule has 3 nitrogen and oxygen atoms in total. The van der Waals surface area contributed by atoms with Crippen molar-refractivity contribution in [2.45, 2.75) is 118 Å². The molecule has 180 valence electrons. The first-order chi connectivity index (χ1) is 11.1. The molecule has 0 amide bonds. The molecule has 0 radical (unpaired) electrons. The molecule has 0 atom stereocenters. The van der Waals surface area contributed by atoms with Crippen LogP contribution in [-0.4, -0.2) is 49.4 Å². The summed E-state index contributed by atoms with van der Waals surface area (Å²) in [6.07, 6.45) is 0. The molecule has 0 fully saturated rings. The molecule has 29 heavy (non-hydrogen) atoms. The third-order valence-corrected chi connectivity index (χ3v) is 18.1. The predicted octanol–water partition coefficient (Wildman–Crippen LogP) is 9.09. The topological polar surface area (TPSA) is 42.3 Å². The van der Waals surface area contributed by atoms with E-state index in [-0.39, 0.29) is 77.2 Å². The number of nitrogens with zero attached hydrogens (tertiary/aromatic N) is 3. The Bertz CT molecular complexity index is 301. The summed E-state index contributed by atoms with van der Waals surface area (Å²) in [7, 11) is -6.64. The number of hydrogen-bond acceptors (Lipinski definition) is 0. The van der Waals surface area contributed by atoms with Crippen molar-refractivity contribution < 1.29 is 77.2 Å². The van der Waals surface area contributed by atoms with Gasteiger partial charge in [0, 0.05) is 0 Å². The Labute approximate surface area is 254 Å². The summed E-state index contributed by atoms with van der Waals surface area (Å²) >= 11 is 0. The minimum absolute atomic E-state index is 0. The van der Waals surface area contributed by atoms with Gasteiger partial charge in [-0.05, 0) is 0 Å². The zero-order chi connectivity index (χ0) is 23.1. The van der Waals surface area contributed by atoms with Crippen molar-refractivity contribution in [2.24, 2.45) is 0 Å². The quantitative estimate of drug-likeness (QED) is 0.241. The molecule has 0 aliphatic heterocycles. The zero-order valence-electron chi connectivity index (χ0n) is 23.0. The first-order valence-electron chi connectivity index (χ1n) is 10.3. The monoisotopic (exact) mass is 798 g/mol. The maximum Gasteiger partial charge on any atom is 3.00 e. The molecule has 0 aromatic rings. The van der Waals surface area contributed by atoms with E-state index in [4.69, 9.17) is 13.9 Å². The van der Waals surface area contributed by atoms with E-state index >= 15 is 0 Å². The normalized spacial score (nSPS) is 13.0. The summed E-state index contributed by atoms with van der Waals surface area (Å²) in [6.45, 7) is 41.3. The smallest absolute Gasteiger partial charge is 0.668 e. The van der Waals surface area contributed by atoms with Crippen molar-refractivity contribution in [1.82, 2.24) is 0 Å². The molecule has 0 saturated heterocycles. The van der Waals surface area contributed by atoms with Gasteiger partial charge in [0.15, 0.2) is 0 Å². The van der Waals surface area contributed by atoms with E-state index in [9.17, 15) is 0 Å². The van der Waals surface area contributed by atoms with E-state index in [0.29, 0.717) is 0 Å². The van der Waals surface area contributed by atoms with Crippen LogP contribution in [0.3, 0.4) is 0 Å². The molecular weight excluding hydrogens is 745 g/mol. The molecule has 0 spiro atoms. The average Bonchev–Trinajstić information content (AvgIpc) is 1.96. The van der Waals surface area contributed by atoms with Crippen LogP contribution in [0.5, 0.6) is 0 Å². The van der Waals surface area contributed by atoms with Gasteiger partial charge in [-0.1, -0.05) is 167 Å². The minimum atomic E-state index is -1.11. The van der Waals surface area contributed by atoms with Crippen LogP contribution in [0.15, 0.2) is 0 Å². The molecule has 0 rings (SSSR count). The Hall–Kier alpha value is 3.75. The van der Waals surface area contributed by atoms with Crippen molar-refractivity contribution in [2.75, 3.05) is 0 Å². The van der Waals surface area contributed by atoms with Crippen LogP contribution in [0.4, 0.5) is 0 Å². The molecule has 0 aliphatic carbocycles. The van der Waals surface area contributed by atoms with Crippen molar-refractivity contribution in [3.63, 3.8) is 0 Å². The van der Waals surface area contributed by atoms with Crippen molar-refractivity contribution in [3.05, 3.63) is 13.9 Å². The molecule has 0 aromatic heterocycles. The number of hydrogen-bond donors (Lipinski definition) is 0. The first kappa shape index (κ1) is 42.9. The first-order valence-corrected chi connectivity index (χ1v) is 31.0. The van der Waals surface area contributed by atoms with Gasteiger partial charge >= 0.3 is 77.2 Å². The fourth-order valence-corrected chi connectivity index (χ4v) is 27.2. The van der Waals surface area contributed by atoms with Crippen molar-refractivity contribution >= 4 is 49.4 Å². The molecule has 0 unspecified atom stereocenters. The third kappa shape index (κ3) is 59.4. The van der Waals surface area contributed by atoms with Crippen LogP contribution in [0.1, 0.15) is 0 Å². The molecular formula is C18H54N3Si6Tb2+3. The van der Waals surface area contributed by atoms with E-state index in [1.54, 1.807) is 0 Å². The minimum Gasteiger partial charge on any atom is -0.668 e. The molecule has 0 heterocycles. The second-order valence-corrected chi connectivity index (χ2v) is 42.1. The Morgan fingerprint density at radius 3 is 0.310 bits per heavy atom. The van der Waals surface area contributed by atoms with E-state index in [1.807, 2.05) is 0 Å². The predicted molar refractivity (Wildman–Crippen MR) is 150 cm³/mol. The third-order valence-electron chi connectivity index (χ3n) is 2.01. The fourth-order valence-electron chi connectivity index (χ4n) is 3.02. The zero-order valence-corrected chi connectivity index (χ0v) is 33.3. The van der Waals surface area contributed by atoms with Gasteiger partial charge in [-0.2, -0.15) is 0 Å². The second-order valence-electron chi connectivity index (χ2n) is 13.4. The van der Waals surface area contributed by atoms with Gasteiger partial charge < -0.3 is 13.9 Å². The van der Waals surface area contributed by atoms with Crippen LogP contribution in [0.25, 0.3) is 13.9 Å². The fraction of sp³-hybridized carbons (Fsp3) is 1.00. The van der Waals surface area contributed by atoms with Gasteiger partial charge in [-0.25, -0.2) is 0 Å². The Kier molecular flexibility index (Phi) is 24.3. The molecule has 11 heteroatoms. The van der Waals surface area contributed by atoms with Gasteiger partial charge in [0.25, 0.3) is 0 Å². The van der Waals surface area contributed by atoms with E-state index in [0.717, 1.165) is 0 Å². The molecule has 0 aromatic carbocycles. The number of rotatable bonds is 6. The van der Waals surface area contributed by atoms with E-state index in [2.05, 4.69) is 118 Å². The van der Waals surface area contributed by atoms with Gasteiger partial charge in [0.1, 0.15) is 0 Å². The van der Waals surface area contributed by atoms with Gasteiger partial charge in [-0.3, -0.25) is 0 Å². The Morgan fingerprint density at radius 2 is 0.310 bits per heavy atom. The van der Waals surface area contributed by atoms with Crippen molar-refractivity contribution in [1.29, 1.82) is 0 Å². The molecule has 0 saturated carbocycles. The van der Waals surface area contributed by atoms with Gasteiger partial charge in [0.2, 0.25) is 0 Å². The van der Waals surface area contributed by atoms with E-state index in [1.165, 1.54) is 0 Å². The van der Waals surface area contributed by atoms with Crippen LogP contribution >= 0.6 is 0 Å². The summed E-state index contributed by atoms with van der Waals surface area (Å²) in [6, 6.07) is 0. The maximum atomic E-state index is 4.82. The summed E-state index contributed by atoms with van der Waals surface area (Å²) in [5, 5.41) is 0. The van der Waals surface area contributed by atoms with E-state index < -0.39 is 49.4 Å². The van der Waals surface area contributed by atoms with Crippen LogP contribution in [0.2, 0.25) is 118 Å². The summed E-state index contributed by atoms with van der Waals surface area (Å²) in [4.78, 5) is 0. The molecule has 0 N–H and O–H groups in total. The van der Waals surface area contributed by atoms with Gasteiger partial charge in [0.05, 0.1) is 0 Å². The Balaban J connectivity index is -0.0000000960. The largest absolute Gasteiger partial charge is 3.00 e. The summed E-state index contributed by atoms with van der Waals surface area (Å²) in [5.41, 5.74) is 0.